The lowest BCUT2D eigenvalue weighted by molar-refractivity contribution is 0.102. The molecule has 0 aliphatic carbocycles. The number of pyridine rings is 1. The maximum Gasteiger partial charge on any atom is 0.263 e. The standard InChI is InChI=1S/C22H15ClFN3O3S/c23-19-9-3-15(13-21(19)31(29,30)27-17-6-4-16(24)5-7-17)22(28)26-18-8-10-20-14(12-18)2-1-11-25-20/h1-13,27H,(H,26,28). The first-order valence-electron chi connectivity index (χ1n) is 9.06. The van der Waals surface area contributed by atoms with Crippen molar-refractivity contribution >= 4 is 49.8 Å². The van der Waals surface area contributed by atoms with Crippen molar-refractivity contribution in [2.45, 2.75) is 4.90 Å². The zero-order valence-electron chi connectivity index (χ0n) is 15.8. The molecule has 1 amide bonds. The number of rotatable bonds is 5. The maximum absolute atomic E-state index is 13.1. The third-order valence-electron chi connectivity index (χ3n) is 4.44. The average molecular weight is 456 g/mol. The van der Waals surface area contributed by atoms with Gasteiger partial charge in [0.15, 0.2) is 0 Å². The number of nitrogens with one attached hydrogen (secondary N) is 2. The Morgan fingerprint density at radius 2 is 1.68 bits per heavy atom. The summed E-state index contributed by atoms with van der Waals surface area (Å²) in [4.78, 5) is 16.7. The highest BCUT2D eigenvalue weighted by molar-refractivity contribution is 7.92. The molecule has 1 aromatic heterocycles. The van der Waals surface area contributed by atoms with E-state index in [9.17, 15) is 17.6 Å². The van der Waals surface area contributed by atoms with Crippen LogP contribution in [0, 0.1) is 5.82 Å². The molecule has 4 rings (SSSR count). The van der Waals surface area contributed by atoms with E-state index in [0.717, 1.165) is 23.0 Å². The first-order valence-corrected chi connectivity index (χ1v) is 10.9. The monoisotopic (exact) mass is 455 g/mol. The lowest BCUT2D eigenvalue weighted by Gasteiger charge is -2.12. The van der Waals surface area contributed by atoms with Gasteiger partial charge >= 0.3 is 0 Å². The molecule has 1 heterocycles. The quantitative estimate of drug-likeness (QED) is 0.439. The summed E-state index contributed by atoms with van der Waals surface area (Å²) in [5.41, 5.74) is 1.59. The van der Waals surface area contributed by atoms with Crippen LogP contribution in [0.15, 0.2) is 83.9 Å². The first-order chi connectivity index (χ1) is 14.8. The SMILES string of the molecule is O=C(Nc1ccc2ncccc2c1)c1ccc(Cl)c(S(=O)(=O)Nc2ccc(F)cc2)c1. The van der Waals surface area contributed by atoms with Crippen LogP contribution in [0.5, 0.6) is 0 Å². The van der Waals surface area contributed by atoms with Gasteiger partial charge < -0.3 is 5.32 Å². The molecule has 0 radical (unpaired) electrons. The fourth-order valence-corrected chi connectivity index (χ4v) is 4.52. The molecule has 0 bridgehead atoms. The molecular formula is C22H15ClFN3O3S. The molecule has 31 heavy (non-hydrogen) atoms. The normalized spacial score (nSPS) is 11.3. The second kappa shape index (κ2) is 8.33. The molecule has 0 unspecified atom stereocenters. The summed E-state index contributed by atoms with van der Waals surface area (Å²) >= 11 is 6.08. The number of anilines is 2. The zero-order chi connectivity index (χ0) is 22.0. The molecule has 0 fully saturated rings. The van der Waals surface area contributed by atoms with Crippen LogP contribution in [-0.4, -0.2) is 19.3 Å². The molecule has 0 atom stereocenters. The third-order valence-corrected chi connectivity index (χ3v) is 6.30. The Morgan fingerprint density at radius 3 is 2.45 bits per heavy atom. The van der Waals surface area contributed by atoms with Crippen molar-refractivity contribution in [3.8, 4) is 0 Å². The van der Waals surface area contributed by atoms with Gasteiger partial charge in [-0.25, -0.2) is 12.8 Å². The van der Waals surface area contributed by atoms with Crippen molar-refractivity contribution in [3.05, 3.63) is 95.4 Å². The molecule has 0 aliphatic heterocycles. The highest BCUT2D eigenvalue weighted by Gasteiger charge is 2.20. The van der Waals surface area contributed by atoms with Crippen molar-refractivity contribution in [2.24, 2.45) is 0 Å². The van der Waals surface area contributed by atoms with Gasteiger partial charge in [-0.3, -0.25) is 14.5 Å². The van der Waals surface area contributed by atoms with Crippen LogP contribution >= 0.6 is 11.6 Å². The second-order valence-electron chi connectivity index (χ2n) is 6.62. The Kier molecular flexibility index (Phi) is 5.58. The topological polar surface area (TPSA) is 88.2 Å². The van der Waals surface area contributed by atoms with Crippen LogP contribution in [0.1, 0.15) is 10.4 Å². The van der Waals surface area contributed by atoms with Gasteiger partial charge in [0.05, 0.1) is 10.5 Å². The molecule has 0 aliphatic rings. The number of amides is 1. The maximum atomic E-state index is 13.1. The van der Waals surface area contributed by atoms with Crippen LogP contribution in [0.2, 0.25) is 5.02 Å². The summed E-state index contributed by atoms with van der Waals surface area (Å²) < 4.78 is 40.9. The zero-order valence-corrected chi connectivity index (χ0v) is 17.4. The number of carbonyl (C=O) groups excluding carboxylic acids is 1. The number of halogens is 2. The fourth-order valence-electron chi connectivity index (χ4n) is 2.94. The summed E-state index contributed by atoms with van der Waals surface area (Å²) in [7, 11) is -4.11. The summed E-state index contributed by atoms with van der Waals surface area (Å²) in [5, 5.41) is 3.54. The van der Waals surface area contributed by atoms with Gasteiger partial charge in [0.25, 0.3) is 15.9 Å². The van der Waals surface area contributed by atoms with E-state index in [0.29, 0.717) is 5.69 Å². The number of aromatic nitrogens is 1. The number of hydrogen-bond donors (Lipinski definition) is 2. The van der Waals surface area contributed by atoms with Gasteiger partial charge in [0, 0.05) is 28.5 Å². The Hall–Kier alpha value is -3.49. The molecule has 3 aromatic carbocycles. The van der Waals surface area contributed by atoms with Crippen LogP contribution in [-0.2, 0) is 10.0 Å². The summed E-state index contributed by atoms with van der Waals surface area (Å²) in [6.07, 6.45) is 1.68. The third kappa shape index (κ3) is 4.65. The van der Waals surface area contributed by atoms with Gasteiger partial charge in [-0.1, -0.05) is 17.7 Å². The van der Waals surface area contributed by atoms with Crippen LogP contribution in [0.25, 0.3) is 10.9 Å². The average Bonchev–Trinajstić information content (AvgIpc) is 2.75. The van der Waals surface area contributed by atoms with E-state index in [1.807, 2.05) is 6.07 Å². The molecule has 0 spiro atoms. The fraction of sp³-hybridized carbons (Fsp3) is 0. The summed E-state index contributed by atoms with van der Waals surface area (Å²) in [5.74, 6) is -0.998. The van der Waals surface area contributed by atoms with Gasteiger partial charge in [-0.15, -0.1) is 0 Å². The minimum Gasteiger partial charge on any atom is -0.322 e. The molecule has 0 saturated carbocycles. The smallest absolute Gasteiger partial charge is 0.263 e. The Bertz CT molecular complexity index is 1390. The lowest BCUT2D eigenvalue weighted by Crippen LogP contribution is -2.16. The van der Waals surface area contributed by atoms with E-state index in [1.165, 1.54) is 30.3 Å². The van der Waals surface area contributed by atoms with E-state index in [-0.39, 0.29) is 21.2 Å². The second-order valence-corrected chi connectivity index (χ2v) is 8.68. The summed E-state index contributed by atoms with van der Waals surface area (Å²) in [6, 6.07) is 17.7. The van der Waals surface area contributed by atoms with Crippen LogP contribution in [0.4, 0.5) is 15.8 Å². The molecular weight excluding hydrogens is 441 g/mol. The minimum atomic E-state index is -4.11. The summed E-state index contributed by atoms with van der Waals surface area (Å²) in [6.45, 7) is 0. The van der Waals surface area contributed by atoms with E-state index < -0.39 is 21.7 Å². The van der Waals surface area contributed by atoms with Crippen molar-refractivity contribution in [2.75, 3.05) is 10.0 Å². The number of hydrogen-bond acceptors (Lipinski definition) is 4. The Morgan fingerprint density at radius 1 is 0.935 bits per heavy atom. The molecule has 9 heteroatoms. The number of sulfonamides is 1. The Labute approximate surface area is 182 Å². The molecule has 2 N–H and O–H groups in total. The predicted molar refractivity (Wildman–Crippen MR) is 118 cm³/mol. The highest BCUT2D eigenvalue weighted by Crippen LogP contribution is 2.26. The van der Waals surface area contributed by atoms with E-state index in [2.05, 4.69) is 15.0 Å². The van der Waals surface area contributed by atoms with E-state index in [4.69, 9.17) is 11.6 Å². The van der Waals surface area contributed by atoms with Gasteiger partial charge in [0.1, 0.15) is 10.7 Å². The minimum absolute atomic E-state index is 0.0528. The van der Waals surface area contributed by atoms with Crippen LogP contribution < -0.4 is 10.0 Å². The van der Waals surface area contributed by atoms with Crippen molar-refractivity contribution in [1.82, 2.24) is 4.98 Å². The molecule has 156 valence electrons. The van der Waals surface area contributed by atoms with Gasteiger partial charge in [-0.2, -0.15) is 0 Å². The van der Waals surface area contributed by atoms with Gasteiger partial charge in [0.2, 0.25) is 0 Å². The Balaban J connectivity index is 1.60. The predicted octanol–water partition coefficient (Wildman–Crippen LogP) is 5.08. The van der Waals surface area contributed by atoms with E-state index in [1.54, 1.807) is 30.5 Å². The highest BCUT2D eigenvalue weighted by atomic mass is 35.5. The van der Waals surface area contributed by atoms with Gasteiger partial charge in [-0.05, 0) is 66.7 Å². The first kappa shape index (κ1) is 20.8. The van der Waals surface area contributed by atoms with Crippen molar-refractivity contribution < 1.29 is 17.6 Å². The lowest BCUT2D eigenvalue weighted by atomic mass is 10.1. The van der Waals surface area contributed by atoms with E-state index >= 15 is 0 Å². The number of carbonyl (C=O) groups is 1. The van der Waals surface area contributed by atoms with Crippen molar-refractivity contribution in [3.63, 3.8) is 0 Å². The molecule has 6 nitrogen and oxygen atoms in total. The van der Waals surface area contributed by atoms with Crippen LogP contribution in [0.3, 0.4) is 0 Å². The number of fused-ring (bicyclic) bond motifs is 1. The number of benzene rings is 3. The largest absolute Gasteiger partial charge is 0.322 e. The molecule has 0 saturated heterocycles. The molecule has 4 aromatic rings. The van der Waals surface area contributed by atoms with Crippen molar-refractivity contribution in [1.29, 1.82) is 0 Å². The number of nitrogens with zero attached hydrogens (tertiary/aromatic N) is 1.